The molecule has 1 aliphatic rings. The van der Waals surface area contributed by atoms with Gasteiger partial charge in [0.25, 0.3) is 0 Å². The van der Waals surface area contributed by atoms with Gasteiger partial charge in [-0.1, -0.05) is 149 Å². The van der Waals surface area contributed by atoms with Gasteiger partial charge in [-0.3, -0.25) is 0 Å². The Bertz CT molecular complexity index is 1810. The van der Waals surface area contributed by atoms with Crippen molar-refractivity contribution in [1.29, 1.82) is 0 Å². The lowest BCUT2D eigenvalue weighted by Gasteiger charge is -2.42. The molecule has 196 valence electrons. The molecule has 7 rings (SSSR count). The molecule has 0 heterocycles. The van der Waals surface area contributed by atoms with E-state index in [1.54, 1.807) is 0 Å². The van der Waals surface area contributed by atoms with Crippen molar-refractivity contribution in [3.8, 4) is 33.4 Å². The average Bonchev–Trinajstić information content (AvgIpc) is 2.98. The highest BCUT2D eigenvalue weighted by Crippen LogP contribution is 2.47. The van der Waals surface area contributed by atoms with E-state index in [2.05, 4.69) is 149 Å². The van der Waals surface area contributed by atoms with Gasteiger partial charge in [0.1, 0.15) is 0 Å². The van der Waals surface area contributed by atoms with E-state index < -0.39 is 0 Å². The Morgan fingerprint density at radius 3 is 1.30 bits per heavy atom. The first-order valence-corrected chi connectivity index (χ1v) is 14.6. The lowest BCUT2D eigenvalue weighted by molar-refractivity contribution is 0.332. The molecule has 6 aromatic rings. The van der Waals surface area contributed by atoms with Crippen molar-refractivity contribution in [1.82, 2.24) is 0 Å². The third kappa shape index (κ3) is 3.97. The predicted octanol–water partition coefficient (Wildman–Crippen LogP) is 11.3. The summed E-state index contributed by atoms with van der Waals surface area (Å²) in [5.41, 5.74) is 11.2. The smallest absolute Gasteiger partial charge is 0.00264 e. The Morgan fingerprint density at radius 1 is 0.375 bits per heavy atom. The maximum atomic E-state index is 2.46. The van der Waals surface area contributed by atoms with Crippen LogP contribution in [0.15, 0.2) is 121 Å². The van der Waals surface area contributed by atoms with E-state index >= 15 is 0 Å². The van der Waals surface area contributed by atoms with Gasteiger partial charge in [-0.25, -0.2) is 0 Å². The Labute approximate surface area is 238 Å². The van der Waals surface area contributed by atoms with Gasteiger partial charge in [0.15, 0.2) is 0 Å². The monoisotopic (exact) mass is 516 g/mol. The van der Waals surface area contributed by atoms with E-state index in [-0.39, 0.29) is 10.8 Å². The standard InChI is InChI=1S/C40H36/c1-39(2)24-25-40(3,4)36-26-30(22-23-35(36)39)27-18-20-29(21-19-27)38-33-16-10-8-14-31(33)37(28-12-6-5-7-13-28)32-15-9-11-17-34(32)38/h5-23,26H,24-25H2,1-4H3. The fourth-order valence-electron chi connectivity index (χ4n) is 6.95. The van der Waals surface area contributed by atoms with Crippen LogP contribution >= 0.6 is 0 Å². The van der Waals surface area contributed by atoms with Gasteiger partial charge in [-0.2, -0.15) is 0 Å². The molecular weight excluding hydrogens is 480 g/mol. The number of fused-ring (bicyclic) bond motifs is 3. The summed E-state index contributed by atoms with van der Waals surface area (Å²) in [7, 11) is 0. The molecule has 1 aliphatic carbocycles. The summed E-state index contributed by atoms with van der Waals surface area (Å²) in [6, 6.07) is 45.0. The van der Waals surface area contributed by atoms with E-state index in [9.17, 15) is 0 Å². The van der Waals surface area contributed by atoms with Crippen molar-refractivity contribution in [3.05, 3.63) is 132 Å². The summed E-state index contributed by atoms with van der Waals surface area (Å²) < 4.78 is 0. The molecule has 0 saturated carbocycles. The van der Waals surface area contributed by atoms with Gasteiger partial charge in [0.05, 0.1) is 0 Å². The van der Waals surface area contributed by atoms with Crippen LogP contribution in [-0.4, -0.2) is 0 Å². The summed E-state index contributed by atoms with van der Waals surface area (Å²) in [5, 5.41) is 5.19. The molecule has 0 radical (unpaired) electrons. The zero-order valence-corrected chi connectivity index (χ0v) is 24.0. The first kappa shape index (κ1) is 24.9. The van der Waals surface area contributed by atoms with Crippen molar-refractivity contribution in [2.45, 2.75) is 51.4 Å². The Balaban J connectivity index is 1.39. The second-order valence-electron chi connectivity index (χ2n) is 12.8. The predicted molar refractivity (Wildman–Crippen MR) is 173 cm³/mol. The molecule has 0 aromatic heterocycles. The molecule has 40 heavy (non-hydrogen) atoms. The summed E-state index contributed by atoms with van der Waals surface area (Å²) in [5.74, 6) is 0. The summed E-state index contributed by atoms with van der Waals surface area (Å²) in [6.07, 6.45) is 2.47. The molecule has 0 atom stereocenters. The maximum absolute atomic E-state index is 2.46. The summed E-state index contributed by atoms with van der Waals surface area (Å²) in [6.45, 7) is 9.60. The van der Waals surface area contributed by atoms with Gasteiger partial charge in [0, 0.05) is 0 Å². The second-order valence-corrected chi connectivity index (χ2v) is 12.8. The summed E-state index contributed by atoms with van der Waals surface area (Å²) >= 11 is 0. The van der Waals surface area contributed by atoms with Crippen molar-refractivity contribution in [2.24, 2.45) is 0 Å². The van der Waals surface area contributed by atoms with Crippen LogP contribution in [0.1, 0.15) is 51.7 Å². The molecule has 0 aliphatic heterocycles. The van der Waals surface area contributed by atoms with E-state index in [0.717, 1.165) is 0 Å². The van der Waals surface area contributed by atoms with Gasteiger partial charge in [-0.15, -0.1) is 0 Å². The highest BCUT2D eigenvalue weighted by atomic mass is 14.4. The fourth-order valence-corrected chi connectivity index (χ4v) is 6.95. The largest absolute Gasteiger partial charge is 0.0622 e. The molecule has 0 unspecified atom stereocenters. The van der Waals surface area contributed by atoms with E-state index in [1.165, 1.54) is 78.9 Å². The molecule has 0 heteroatoms. The fraction of sp³-hybridized carbons (Fsp3) is 0.200. The van der Waals surface area contributed by atoms with Crippen molar-refractivity contribution in [2.75, 3.05) is 0 Å². The molecule has 0 saturated heterocycles. The van der Waals surface area contributed by atoms with Crippen LogP contribution in [-0.2, 0) is 10.8 Å². The molecular formula is C40H36. The van der Waals surface area contributed by atoms with Gasteiger partial charge < -0.3 is 0 Å². The Morgan fingerprint density at radius 2 is 0.775 bits per heavy atom. The highest BCUT2D eigenvalue weighted by Gasteiger charge is 2.37. The normalized spacial score (nSPS) is 15.7. The number of hydrogen-bond donors (Lipinski definition) is 0. The minimum atomic E-state index is 0.207. The van der Waals surface area contributed by atoms with Crippen LogP contribution in [0.3, 0.4) is 0 Å². The van der Waals surface area contributed by atoms with Crippen LogP contribution in [0.5, 0.6) is 0 Å². The zero-order valence-electron chi connectivity index (χ0n) is 24.0. The maximum Gasteiger partial charge on any atom is -0.00264 e. The summed E-state index contributed by atoms with van der Waals surface area (Å²) in [4.78, 5) is 0. The lowest BCUT2D eigenvalue weighted by atomic mass is 9.63. The average molecular weight is 517 g/mol. The van der Waals surface area contributed by atoms with Gasteiger partial charge in [-0.05, 0) is 89.7 Å². The van der Waals surface area contributed by atoms with Crippen LogP contribution in [0, 0.1) is 0 Å². The van der Waals surface area contributed by atoms with E-state index in [0.29, 0.717) is 0 Å². The zero-order chi connectivity index (χ0) is 27.5. The molecule has 0 bridgehead atoms. The van der Waals surface area contributed by atoms with E-state index in [4.69, 9.17) is 0 Å². The lowest BCUT2D eigenvalue weighted by Crippen LogP contribution is -2.33. The Kier molecular flexibility index (Phi) is 5.72. The molecule has 0 fully saturated rings. The minimum Gasteiger partial charge on any atom is -0.0622 e. The third-order valence-corrected chi connectivity index (χ3v) is 9.35. The second kappa shape index (κ2) is 9.20. The number of rotatable bonds is 3. The minimum absolute atomic E-state index is 0.207. The molecule has 0 amide bonds. The molecule has 0 nitrogen and oxygen atoms in total. The molecule has 0 N–H and O–H groups in total. The van der Waals surface area contributed by atoms with Crippen LogP contribution in [0.4, 0.5) is 0 Å². The number of benzene rings is 6. The molecule has 0 spiro atoms. The number of hydrogen-bond acceptors (Lipinski definition) is 0. The molecule has 6 aromatic carbocycles. The van der Waals surface area contributed by atoms with Crippen molar-refractivity contribution in [3.63, 3.8) is 0 Å². The highest BCUT2D eigenvalue weighted by molar-refractivity contribution is 6.21. The van der Waals surface area contributed by atoms with Crippen molar-refractivity contribution < 1.29 is 0 Å². The van der Waals surface area contributed by atoms with Crippen LogP contribution in [0.25, 0.3) is 54.9 Å². The first-order chi connectivity index (χ1) is 19.3. The first-order valence-electron chi connectivity index (χ1n) is 14.6. The van der Waals surface area contributed by atoms with Crippen LogP contribution in [0.2, 0.25) is 0 Å². The quantitative estimate of drug-likeness (QED) is 0.205. The van der Waals surface area contributed by atoms with Crippen molar-refractivity contribution >= 4 is 21.5 Å². The van der Waals surface area contributed by atoms with E-state index in [1.807, 2.05) is 0 Å². The topological polar surface area (TPSA) is 0 Å². The Hall–Kier alpha value is -4.16. The van der Waals surface area contributed by atoms with Gasteiger partial charge >= 0.3 is 0 Å². The third-order valence-electron chi connectivity index (χ3n) is 9.35. The SMILES string of the molecule is CC1(C)CCC(C)(C)c2cc(-c3ccc(-c4c5ccccc5c(-c5ccccc5)c5ccccc45)cc3)ccc21. The van der Waals surface area contributed by atoms with Crippen LogP contribution < -0.4 is 0 Å². The van der Waals surface area contributed by atoms with Gasteiger partial charge in [0.2, 0.25) is 0 Å².